The first-order valence-electron chi connectivity index (χ1n) is 8.77. The maximum Gasteiger partial charge on any atom is 0.223 e. The molecule has 2 rings (SSSR count). The van der Waals surface area contributed by atoms with Crippen LogP contribution in [0.25, 0.3) is 0 Å². The fraction of sp³-hybridized carbons (Fsp3) is 0.632. The van der Waals surface area contributed by atoms with Gasteiger partial charge in [-0.1, -0.05) is 37.3 Å². The molecule has 24 heavy (non-hydrogen) atoms. The van der Waals surface area contributed by atoms with Crippen LogP contribution in [0, 0.1) is 5.92 Å². The number of rotatable bonds is 7. The molecule has 0 bridgehead atoms. The Morgan fingerprint density at radius 2 is 1.88 bits per heavy atom. The Morgan fingerprint density at radius 1 is 1.25 bits per heavy atom. The minimum Gasteiger partial charge on any atom is -0.413 e. The number of hydrogen-bond acceptors (Lipinski definition) is 3. The van der Waals surface area contributed by atoms with Gasteiger partial charge in [0, 0.05) is 13.5 Å². The molecule has 0 saturated carbocycles. The molecule has 4 atom stereocenters. The third kappa shape index (κ3) is 4.46. The molecule has 1 amide bonds. The largest absolute Gasteiger partial charge is 0.413 e. The summed E-state index contributed by atoms with van der Waals surface area (Å²) in [7, 11) is 0.0206. The highest BCUT2D eigenvalue weighted by molar-refractivity contribution is 6.69. The number of benzene rings is 1. The van der Waals surface area contributed by atoms with Crippen molar-refractivity contribution < 1.29 is 14.0 Å². The van der Waals surface area contributed by atoms with Gasteiger partial charge in [0.15, 0.2) is 8.32 Å². The molecule has 1 aliphatic rings. The van der Waals surface area contributed by atoms with Gasteiger partial charge in [-0.2, -0.15) is 0 Å². The van der Waals surface area contributed by atoms with E-state index in [0.717, 1.165) is 5.56 Å². The summed E-state index contributed by atoms with van der Waals surface area (Å²) in [5.41, 5.74) is 1.12. The molecule has 0 aliphatic carbocycles. The minimum absolute atomic E-state index is 0.0289. The number of carbonyl (C=O) groups excluding carboxylic acids is 1. The number of methoxy groups -OCH3 is 1. The zero-order valence-corrected chi connectivity index (χ0v) is 16.8. The maximum absolute atomic E-state index is 12.8. The average molecular weight is 350 g/mol. The van der Waals surface area contributed by atoms with Gasteiger partial charge in [0.05, 0.1) is 24.8 Å². The van der Waals surface area contributed by atoms with E-state index in [1.807, 2.05) is 23.1 Å². The van der Waals surface area contributed by atoms with Gasteiger partial charge in [0.1, 0.15) is 0 Å². The molecule has 0 spiro atoms. The fourth-order valence-electron chi connectivity index (χ4n) is 3.81. The van der Waals surface area contributed by atoms with E-state index in [-0.39, 0.29) is 30.0 Å². The predicted molar refractivity (Wildman–Crippen MR) is 99.4 cm³/mol. The van der Waals surface area contributed by atoms with Crippen LogP contribution in [0.5, 0.6) is 0 Å². The number of amides is 1. The molecule has 1 heterocycles. The number of nitrogens with zero attached hydrogens (tertiary/aromatic N) is 1. The molecule has 0 radical (unpaired) electrons. The molecule has 5 heteroatoms. The van der Waals surface area contributed by atoms with Crippen molar-refractivity contribution in [1.29, 1.82) is 0 Å². The fourth-order valence-corrected chi connectivity index (χ4v) is 5.06. The molecule has 1 aliphatic heterocycles. The molecule has 134 valence electrons. The third-order valence-corrected chi connectivity index (χ3v) is 5.63. The van der Waals surface area contributed by atoms with Crippen LogP contribution in [-0.4, -0.2) is 45.0 Å². The smallest absolute Gasteiger partial charge is 0.223 e. The van der Waals surface area contributed by atoms with Gasteiger partial charge in [-0.05, 0) is 38.0 Å². The maximum atomic E-state index is 12.8. The van der Waals surface area contributed by atoms with E-state index in [0.29, 0.717) is 13.0 Å². The lowest BCUT2D eigenvalue weighted by atomic mass is 9.96. The van der Waals surface area contributed by atoms with Gasteiger partial charge in [-0.25, -0.2) is 0 Å². The van der Waals surface area contributed by atoms with E-state index in [2.05, 4.69) is 45.6 Å². The Labute approximate surface area is 147 Å². The van der Waals surface area contributed by atoms with Gasteiger partial charge in [0.25, 0.3) is 0 Å². The molecular weight excluding hydrogens is 318 g/mol. The lowest BCUT2D eigenvalue weighted by molar-refractivity contribution is -0.134. The van der Waals surface area contributed by atoms with E-state index in [9.17, 15) is 4.79 Å². The van der Waals surface area contributed by atoms with Crippen LogP contribution < -0.4 is 0 Å². The van der Waals surface area contributed by atoms with Crippen molar-refractivity contribution in [2.24, 2.45) is 5.92 Å². The topological polar surface area (TPSA) is 38.8 Å². The number of likely N-dealkylation sites (tertiary alicyclic amines) is 1. The van der Waals surface area contributed by atoms with E-state index in [1.54, 1.807) is 7.11 Å². The highest BCUT2D eigenvalue weighted by Crippen LogP contribution is 2.37. The Kier molecular flexibility index (Phi) is 6.23. The zero-order chi connectivity index (χ0) is 17.9. The lowest BCUT2D eigenvalue weighted by Crippen LogP contribution is -2.49. The standard InChI is InChI=1S/C19H31NO3Si/c1-14-12-18(21)20(19(14)15(2)23-24(4,5)6)17(13-22-3)16-10-8-7-9-11-16/h7-11,14-15,17,19H,12-13H2,1-6H3/t14-,15-,17+,19-/m1/s1. The van der Waals surface area contributed by atoms with Gasteiger partial charge in [-0.15, -0.1) is 0 Å². The van der Waals surface area contributed by atoms with Gasteiger partial charge in [-0.3, -0.25) is 4.79 Å². The van der Waals surface area contributed by atoms with Gasteiger partial charge >= 0.3 is 0 Å². The summed E-state index contributed by atoms with van der Waals surface area (Å²) in [5.74, 6) is 0.483. The van der Waals surface area contributed by atoms with Crippen LogP contribution in [0.1, 0.15) is 31.9 Å². The van der Waals surface area contributed by atoms with Crippen LogP contribution in [0.15, 0.2) is 30.3 Å². The summed E-state index contributed by atoms with van der Waals surface area (Å²) >= 11 is 0. The number of carbonyl (C=O) groups is 1. The molecular formula is C19H31NO3Si. The Bertz CT molecular complexity index is 543. The SMILES string of the molecule is COC[C@@H](c1ccccc1)N1C(=O)C[C@@H](C)[C@@H]1[C@@H](C)O[Si](C)(C)C. The normalized spacial score (nSPS) is 24.2. The molecule has 1 fully saturated rings. The molecule has 0 aromatic heterocycles. The summed E-state index contributed by atoms with van der Waals surface area (Å²) in [6.45, 7) is 11.3. The summed E-state index contributed by atoms with van der Waals surface area (Å²) in [6, 6.07) is 10.2. The third-order valence-electron chi connectivity index (χ3n) is 4.55. The van der Waals surface area contributed by atoms with Crippen molar-refractivity contribution in [3.8, 4) is 0 Å². The monoisotopic (exact) mass is 349 g/mol. The summed E-state index contributed by atoms with van der Waals surface area (Å²) in [5, 5.41) is 0. The number of ether oxygens (including phenoxy) is 1. The van der Waals surface area contributed by atoms with Crippen molar-refractivity contribution in [2.45, 2.75) is 58.1 Å². The molecule has 0 unspecified atom stereocenters. The van der Waals surface area contributed by atoms with Crippen LogP contribution in [0.2, 0.25) is 19.6 Å². The molecule has 1 aromatic carbocycles. The highest BCUT2D eigenvalue weighted by atomic mass is 28.4. The number of hydrogen-bond donors (Lipinski definition) is 0. The minimum atomic E-state index is -1.67. The summed E-state index contributed by atoms with van der Waals surface area (Å²) in [6.07, 6.45) is 0.609. The molecule has 1 saturated heterocycles. The molecule has 1 aromatic rings. The van der Waals surface area contributed by atoms with Crippen LogP contribution in [-0.2, 0) is 14.0 Å². The summed E-state index contributed by atoms with van der Waals surface area (Å²) < 4.78 is 11.8. The Morgan fingerprint density at radius 3 is 2.42 bits per heavy atom. The van der Waals surface area contributed by atoms with Crippen molar-refractivity contribution in [1.82, 2.24) is 4.90 Å². The predicted octanol–water partition coefficient (Wildman–Crippen LogP) is 3.85. The van der Waals surface area contributed by atoms with E-state index < -0.39 is 8.32 Å². The second-order valence-corrected chi connectivity index (χ2v) is 12.3. The highest BCUT2D eigenvalue weighted by Gasteiger charge is 2.45. The van der Waals surface area contributed by atoms with Crippen molar-refractivity contribution in [3.63, 3.8) is 0 Å². The van der Waals surface area contributed by atoms with E-state index >= 15 is 0 Å². The second kappa shape index (κ2) is 7.81. The quantitative estimate of drug-likeness (QED) is 0.702. The lowest BCUT2D eigenvalue weighted by Gasteiger charge is -2.39. The average Bonchev–Trinajstić information content (AvgIpc) is 2.78. The van der Waals surface area contributed by atoms with Crippen LogP contribution in [0.4, 0.5) is 0 Å². The first kappa shape index (κ1) is 19.2. The Balaban J connectivity index is 2.33. The van der Waals surface area contributed by atoms with Gasteiger partial charge in [0.2, 0.25) is 5.91 Å². The van der Waals surface area contributed by atoms with Crippen LogP contribution >= 0.6 is 0 Å². The van der Waals surface area contributed by atoms with Crippen molar-refractivity contribution >= 4 is 14.2 Å². The van der Waals surface area contributed by atoms with Crippen molar-refractivity contribution in [3.05, 3.63) is 35.9 Å². The van der Waals surface area contributed by atoms with Crippen molar-refractivity contribution in [2.75, 3.05) is 13.7 Å². The van der Waals surface area contributed by atoms with E-state index in [4.69, 9.17) is 9.16 Å². The van der Waals surface area contributed by atoms with E-state index in [1.165, 1.54) is 0 Å². The van der Waals surface area contributed by atoms with Crippen LogP contribution in [0.3, 0.4) is 0 Å². The second-order valence-electron chi connectivity index (χ2n) is 7.79. The summed E-state index contributed by atoms with van der Waals surface area (Å²) in [4.78, 5) is 14.8. The zero-order valence-electron chi connectivity index (χ0n) is 15.8. The molecule has 0 N–H and O–H groups in total. The van der Waals surface area contributed by atoms with Gasteiger partial charge < -0.3 is 14.1 Å². The Hall–Kier alpha value is -1.17. The first-order valence-corrected chi connectivity index (χ1v) is 12.2. The molecule has 4 nitrogen and oxygen atoms in total. The first-order chi connectivity index (χ1) is 11.2.